The highest BCUT2D eigenvalue weighted by Gasteiger charge is 2.21. The molecule has 1 fully saturated rings. The third kappa shape index (κ3) is 4.06. The van der Waals surface area contributed by atoms with Gasteiger partial charge in [-0.2, -0.15) is 0 Å². The molecule has 6 heteroatoms. The van der Waals surface area contributed by atoms with Gasteiger partial charge in [0.25, 0.3) is 5.91 Å². The first-order chi connectivity index (χ1) is 11.6. The van der Waals surface area contributed by atoms with Crippen LogP contribution in [0.3, 0.4) is 0 Å². The number of hydrogen-bond acceptors (Lipinski definition) is 3. The molecule has 0 saturated carbocycles. The van der Waals surface area contributed by atoms with Crippen molar-refractivity contribution in [3.05, 3.63) is 53.6 Å². The molecule has 0 radical (unpaired) electrons. The number of carbonyl (C=O) groups excluding carboxylic acids is 2. The highest BCUT2D eigenvalue weighted by Crippen LogP contribution is 2.24. The Labute approximate surface area is 145 Å². The summed E-state index contributed by atoms with van der Waals surface area (Å²) in [7, 11) is 0. The van der Waals surface area contributed by atoms with Crippen molar-refractivity contribution in [2.75, 3.05) is 23.4 Å². The Morgan fingerprint density at radius 3 is 2.67 bits per heavy atom. The van der Waals surface area contributed by atoms with Gasteiger partial charge >= 0.3 is 0 Å². The lowest BCUT2D eigenvalue weighted by Gasteiger charge is -2.16. The van der Waals surface area contributed by atoms with Gasteiger partial charge in [-0.3, -0.25) is 9.59 Å². The monoisotopic (exact) mass is 344 g/mol. The number of amides is 2. The van der Waals surface area contributed by atoms with E-state index in [-0.39, 0.29) is 18.4 Å². The number of anilines is 2. The molecule has 2 amide bonds. The molecule has 24 heavy (non-hydrogen) atoms. The van der Waals surface area contributed by atoms with Crippen molar-refractivity contribution >= 4 is 34.8 Å². The van der Waals surface area contributed by atoms with Crippen molar-refractivity contribution in [1.29, 1.82) is 0 Å². The van der Waals surface area contributed by atoms with Gasteiger partial charge in [0.15, 0.2) is 6.61 Å². The molecule has 3 rings (SSSR count). The average molecular weight is 345 g/mol. The van der Waals surface area contributed by atoms with Crippen molar-refractivity contribution in [3.8, 4) is 5.75 Å². The van der Waals surface area contributed by atoms with Crippen LogP contribution in [-0.4, -0.2) is 25.0 Å². The Morgan fingerprint density at radius 1 is 1.21 bits per heavy atom. The smallest absolute Gasteiger partial charge is 0.262 e. The van der Waals surface area contributed by atoms with Crippen LogP contribution in [0.25, 0.3) is 0 Å². The van der Waals surface area contributed by atoms with Crippen LogP contribution in [0, 0.1) is 0 Å². The molecule has 1 saturated heterocycles. The van der Waals surface area contributed by atoms with E-state index >= 15 is 0 Å². The molecular weight excluding hydrogens is 328 g/mol. The van der Waals surface area contributed by atoms with E-state index in [1.807, 2.05) is 12.1 Å². The lowest BCUT2D eigenvalue weighted by Crippen LogP contribution is -2.23. The zero-order valence-electron chi connectivity index (χ0n) is 13.0. The lowest BCUT2D eigenvalue weighted by atomic mass is 10.3. The number of carbonyl (C=O) groups is 2. The van der Waals surface area contributed by atoms with E-state index in [1.165, 1.54) is 0 Å². The summed E-state index contributed by atoms with van der Waals surface area (Å²) in [6.45, 7) is 0.648. The lowest BCUT2D eigenvalue weighted by molar-refractivity contribution is -0.118. The Kier molecular flexibility index (Phi) is 5.01. The number of hydrogen-bond donors (Lipinski definition) is 1. The Hall–Kier alpha value is -2.53. The van der Waals surface area contributed by atoms with E-state index in [2.05, 4.69) is 5.32 Å². The maximum Gasteiger partial charge on any atom is 0.262 e. The van der Waals surface area contributed by atoms with Gasteiger partial charge in [-0.15, -0.1) is 0 Å². The fraction of sp³-hybridized carbons (Fsp3) is 0.222. The van der Waals surface area contributed by atoms with Crippen molar-refractivity contribution in [2.45, 2.75) is 12.8 Å². The molecule has 1 aliphatic heterocycles. The summed E-state index contributed by atoms with van der Waals surface area (Å²) in [5.41, 5.74) is 1.48. The molecule has 0 aromatic heterocycles. The predicted octanol–water partition coefficient (Wildman–Crippen LogP) is 3.48. The third-order valence-corrected chi connectivity index (χ3v) is 3.94. The predicted molar refractivity (Wildman–Crippen MR) is 93.6 cm³/mol. The summed E-state index contributed by atoms with van der Waals surface area (Å²) in [4.78, 5) is 25.3. The van der Waals surface area contributed by atoms with Gasteiger partial charge in [0.05, 0.1) is 0 Å². The maximum absolute atomic E-state index is 11.9. The van der Waals surface area contributed by atoms with E-state index < -0.39 is 0 Å². The summed E-state index contributed by atoms with van der Waals surface area (Å²) < 4.78 is 5.47. The maximum atomic E-state index is 11.9. The molecule has 0 bridgehead atoms. The summed E-state index contributed by atoms with van der Waals surface area (Å²) in [6.07, 6.45) is 1.49. The van der Waals surface area contributed by atoms with Gasteiger partial charge in [0, 0.05) is 29.4 Å². The Balaban J connectivity index is 1.53. The highest BCUT2D eigenvalue weighted by atomic mass is 35.5. The van der Waals surface area contributed by atoms with E-state index in [1.54, 1.807) is 41.3 Å². The highest BCUT2D eigenvalue weighted by molar-refractivity contribution is 6.30. The Bertz CT molecular complexity index is 746. The largest absolute Gasteiger partial charge is 0.484 e. The first kappa shape index (κ1) is 16.3. The molecule has 1 aliphatic rings. The van der Waals surface area contributed by atoms with Crippen LogP contribution < -0.4 is 15.0 Å². The van der Waals surface area contributed by atoms with Gasteiger partial charge in [0.2, 0.25) is 5.91 Å². The average Bonchev–Trinajstić information content (AvgIpc) is 2.99. The normalized spacial score (nSPS) is 13.9. The van der Waals surface area contributed by atoms with E-state index in [9.17, 15) is 9.59 Å². The second-order valence-electron chi connectivity index (χ2n) is 5.49. The van der Waals surface area contributed by atoms with Gasteiger partial charge in [-0.05, 0) is 48.9 Å². The first-order valence-electron chi connectivity index (χ1n) is 7.70. The fourth-order valence-electron chi connectivity index (χ4n) is 2.56. The van der Waals surface area contributed by atoms with Crippen LogP contribution in [-0.2, 0) is 9.59 Å². The second-order valence-corrected chi connectivity index (χ2v) is 5.93. The molecule has 124 valence electrons. The van der Waals surface area contributed by atoms with Crippen LogP contribution in [0.5, 0.6) is 5.75 Å². The van der Waals surface area contributed by atoms with E-state index in [4.69, 9.17) is 16.3 Å². The van der Waals surface area contributed by atoms with E-state index in [0.29, 0.717) is 22.9 Å². The number of halogens is 1. The third-order valence-electron chi connectivity index (χ3n) is 3.70. The molecule has 2 aromatic rings. The van der Waals surface area contributed by atoms with Gasteiger partial charge in [-0.25, -0.2) is 0 Å². The topological polar surface area (TPSA) is 58.6 Å². The summed E-state index contributed by atoms with van der Waals surface area (Å²) in [6, 6.07) is 14.1. The first-order valence-corrected chi connectivity index (χ1v) is 8.08. The van der Waals surface area contributed by atoms with Crippen LogP contribution in [0.1, 0.15) is 12.8 Å². The zero-order valence-corrected chi connectivity index (χ0v) is 13.8. The minimum atomic E-state index is -0.268. The quantitative estimate of drug-likeness (QED) is 0.903. The standard InChI is InChI=1S/C18H17ClN2O3/c19-13-3-1-4-14(11-13)20-17(22)12-24-16-8-6-15(7-9-16)21-10-2-5-18(21)23/h1,3-4,6-9,11H,2,5,10,12H2,(H,20,22). The molecule has 1 N–H and O–H groups in total. The van der Waals surface area contributed by atoms with Crippen LogP contribution in [0.15, 0.2) is 48.5 Å². The van der Waals surface area contributed by atoms with Crippen LogP contribution in [0.4, 0.5) is 11.4 Å². The number of benzene rings is 2. The van der Waals surface area contributed by atoms with Crippen LogP contribution in [0.2, 0.25) is 5.02 Å². The van der Waals surface area contributed by atoms with Crippen molar-refractivity contribution in [2.24, 2.45) is 0 Å². The van der Waals surface area contributed by atoms with Gasteiger partial charge < -0.3 is 15.0 Å². The van der Waals surface area contributed by atoms with Crippen LogP contribution >= 0.6 is 11.6 Å². The molecular formula is C18H17ClN2O3. The molecule has 2 aromatic carbocycles. The molecule has 0 spiro atoms. The molecule has 1 heterocycles. The summed E-state index contributed by atoms with van der Waals surface area (Å²) in [5, 5.41) is 3.27. The zero-order chi connectivity index (χ0) is 16.9. The summed E-state index contributed by atoms with van der Waals surface area (Å²) >= 11 is 5.87. The Morgan fingerprint density at radius 2 is 2.00 bits per heavy atom. The number of nitrogens with one attached hydrogen (secondary N) is 1. The molecule has 0 unspecified atom stereocenters. The van der Waals surface area contributed by atoms with Gasteiger partial charge in [-0.1, -0.05) is 17.7 Å². The fourth-order valence-corrected chi connectivity index (χ4v) is 2.75. The summed E-state index contributed by atoms with van der Waals surface area (Å²) in [5.74, 6) is 0.451. The second kappa shape index (κ2) is 7.36. The van der Waals surface area contributed by atoms with Gasteiger partial charge in [0.1, 0.15) is 5.75 Å². The van der Waals surface area contributed by atoms with Crippen molar-refractivity contribution in [1.82, 2.24) is 0 Å². The minimum absolute atomic E-state index is 0.103. The minimum Gasteiger partial charge on any atom is -0.484 e. The SMILES string of the molecule is O=C(COc1ccc(N2CCCC2=O)cc1)Nc1cccc(Cl)c1. The van der Waals surface area contributed by atoms with Crippen molar-refractivity contribution in [3.63, 3.8) is 0 Å². The molecule has 0 atom stereocenters. The number of ether oxygens (including phenoxy) is 1. The molecule has 0 aliphatic carbocycles. The number of rotatable bonds is 5. The van der Waals surface area contributed by atoms with Crippen molar-refractivity contribution < 1.29 is 14.3 Å². The number of nitrogens with zero attached hydrogens (tertiary/aromatic N) is 1. The molecule has 5 nitrogen and oxygen atoms in total. The van der Waals surface area contributed by atoms with E-state index in [0.717, 1.165) is 18.7 Å².